The molecule has 0 aromatic carbocycles. The summed E-state index contributed by atoms with van der Waals surface area (Å²) in [6.45, 7) is 5.41. The highest BCUT2D eigenvalue weighted by molar-refractivity contribution is 5.11. The largest absolute Gasteiger partial charge is 0.0593 e. The summed E-state index contributed by atoms with van der Waals surface area (Å²) in [5, 5.41) is 0. The molecular formula is C19H30. The van der Waals surface area contributed by atoms with Gasteiger partial charge in [0.15, 0.2) is 0 Å². The quantitative estimate of drug-likeness (QED) is 0.565. The van der Waals surface area contributed by atoms with Gasteiger partial charge in [-0.1, -0.05) is 13.8 Å². The Morgan fingerprint density at radius 2 is 1.00 bits per heavy atom. The first-order valence-corrected chi connectivity index (χ1v) is 9.16. The van der Waals surface area contributed by atoms with Gasteiger partial charge in [0.05, 0.1) is 0 Å². The zero-order chi connectivity index (χ0) is 12.8. The average molecular weight is 258 g/mol. The molecule has 5 aliphatic carbocycles. The minimum Gasteiger partial charge on any atom is -0.0593 e. The second-order valence-electron chi connectivity index (χ2n) is 9.44. The number of rotatable bonds is 0. The average Bonchev–Trinajstić information content (AvgIpc) is 3.12. The van der Waals surface area contributed by atoms with Crippen LogP contribution in [0, 0.1) is 52.8 Å². The maximum absolute atomic E-state index is 2.70. The lowest BCUT2D eigenvalue weighted by Gasteiger charge is -2.48. The summed E-state index contributed by atoms with van der Waals surface area (Å²) in [6, 6.07) is 0. The lowest BCUT2D eigenvalue weighted by atomic mass is 9.57. The molecule has 8 atom stereocenters. The summed E-state index contributed by atoms with van der Waals surface area (Å²) >= 11 is 0. The van der Waals surface area contributed by atoms with Crippen LogP contribution in [-0.4, -0.2) is 0 Å². The lowest BCUT2D eigenvalue weighted by Crippen LogP contribution is -2.42. The number of hydrogen-bond donors (Lipinski definition) is 0. The van der Waals surface area contributed by atoms with Gasteiger partial charge in [-0.3, -0.25) is 0 Å². The molecule has 0 heteroatoms. The molecule has 0 aliphatic heterocycles. The molecule has 0 nitrogen and oxygen atoms in total. The Morgan fingerprint density at radius 3 is 1.47 bits per heavy atom. The highest BCUT2D eigenvalue weighted by Gasteiger charge is 2.62. The van der Waals surface area contributed by atoms with E-state index in [2.05, 4.69) is 13.8 Å². The Balaban J connectivity index is 1.57. The van der Waals surface area contributed by atoms with Crippen molar-refractivity contribution >= 4 is 0 Å². The maximum atomic E-state index is 2.70. The van der Waals surface area contributed by atoms with Crippen LogP contribution in [0.2, 0.25) is 0 Å². The van der Waals surface area contributed by atoms with Crippen molar-refractivity contribution < 1.29 is 0 Å². The van der Waals surface area contributed by atoms with Crippen LogP contribution >= 0.6 is 0 Å². The van der Waals surface area contributed by atoms with Crippen molar-refractivity contribution in [1.29, 1.82) is 0 Å². The fourth-order valence-corrected chi connectivity index (χ4v) is 8.58. The van der Waals surface area contributed by atoms with Gasteiger partial charge in [-0.05, 0) is 104 Å². The van der Waals surface area contributed by atoms with Crippen LogP contribution in [-0.2, 0) is 0 Å². The molecule has 5 rings (SSSR count). The van der Waals surface area contributed by atoms with Crippen molar-refractivity contribution in [2.24, 2.45) is 52.8 Å². The van der Waals surface area contributed by atoms with E-state index in [0.717, 1.165) is 47.3 Å². The Labute approximate surface area is 118 Å². The molecule has 0 radical (unpaired) electrons. The van der Waals surface area contributed by atoms with Gasteiger partial charge < -0.3 is 0 Å². The Hall–Kier alpha value is 0. The van der Waals surface area contributed by atoms with Gasteiger partial charge in [0.2, 0.25) is 0 Å². The minimum atomic E-state index is 0.672. The van der Waals surface area contributed by atoms with E-state index in [0.29, 0.717) is 5.41 Å². The van der Waals surface area contributed by atoms with Crippen LogP contribution in [0.25, 0.3) is 0 Å². The van der Waals surface area contributed by atoms with Gasteiger partial charge in [-0.2, -0.15) is 0 Å². The van der Waals surface area contributed by atoms with E-state index in [-0.39, 0.29) is 0 Å². The Kier molecular flexibility index (Phi) is 2.21. The molecule has 0 aromatic rings. The van der Waals surface area contributed by atoms with E-state index in [9.17, 15) is 0 Å². The molecule has 0 N–H and O–H groups in total. The molecule has 0 amide bonds. The molecule has 5 fully saturated rings. The third-order valence-electron chi connectivity index (χ3n) is 8.73. The van der Waals surface area contributed by atoms with E-state index >= 15 is 0 Å². The van der Waals surface area contributed by atoms with E-state index < -0.39 is 0 Å². The molecule has 19 heavy (non-hydrogen) atoms. The predicted octanol–water partition coefficient (Wildman–Crippen LogP) is 5.13. The standard InChI is InChI=1S/C19H30/c1-19(2)17-13-5-3-11(9-13)15(17)7-8-16-12-4-6-14(10-12)18(16)19/h11-18H,3-10H2,1-2H3. The predicted molar refractivity (Wildman–Crippen MR) is 78.6 cm³/mol. The second kappa shape index (κ2) is 3.60. The molecular weight excluding hydrogens is 228 g/mol. The van der Waals surface area contributed by atoms with E-state index in [1.165, 1.54) is 0 Å². The van der Waals surface area contributed by atoms with Crippen LogP contribution in [0.1, 0.15) is 65.2 Å². The topological polar surface area (TPSA) is 0 Å². The smallest absolute Gasteiger partial charge is 0.0287 e. The summed E-state index contributed by atoms with van der Waals surface area (Å²) in [6.07, 6.45) is 12.8. The van der Waals surface area contributed by atoms with Gasteiger partial charge >= 0.3 is 0 Å². The Bertz CT molecular complexity index is 359. The summed E-state index contributed by atoms with van der Waals surface area (Å²) in [5.41, 5.74) is 0.672. The van der Waals surface area contributed by atoms with Crippen molar-refractivity contribution in [1.82, 2.24) is 0 Å². The molecule has 5 aliphatic rings. The van der Waals surface area contributed by atoms with E-state index in [1.54, 1.807) is 51.4 Å². The number of fused-ring (bicyclic) bond motifs is 10. The van der Waals surface area contributed by atoms with E-state index in [1.807, 2.05) is 0 Å². The third-order valence-corrected chi connectivity index (χ3v) is 8.73. The summed E-state index contributed by atoms with van der Waals surface area (Å²) < 4.78 is 0. The molecule has 0 heterocycles. The molecule has 0 saturated heterocycles. The lowest BCUT2D eigenvalue weighted by molar-refractivity contribution is 0.00103. The van der Waals surface area contributed by atoms with Crippen LogP contribution in [0.3, 0.4) is 0 Å². The van der Waals surface area contributed by atoms with Crippen molar-refractivity contribution in [3.8, 4) is 0 Å². The monoisotopic (exact) mass is 258 g/mol. The van der Waals surface area contributed by atoms with Gasteiger partial charge in [0, 0.05) is 0 Å². The van der Waals surface area contributed by atoms with Crippen LogP contribution in [0.15, 0.2) is 0 Å². The molecule has 4 bridgehead atoms. The van der Waals surface area contributed by atoms with Gasteiger partial charge in [-0.25, -0.2) is 0 Å². The van der Waals surface area contributed by atoms with Gasteiger partial charge in [-0.15, -0.1) is 0 Å². The fourth-order valence-electron chi connectivity index (χ4n) is 8.58. The van der Waals surface area contributed by atoms with Crippen LogP contribution < -0.4 is 0 Å². The second-order valence-corrected chi connectivity index (χ2v) is 9.44. The molecule has 0 aromatic heterocycles. The van der Waals surface area contributed by atoms with Gasteiger partial charge in [0.1, 0.15) is 0 Å². The maximum Gasteiger partial charge on any atom is -0.0287 e. The first-order valence-electron chi connectivity index (χ1n) is 9.16. The molecule has 8 unspecified atom stereocenters. The molecule has 0 spiro atoms. The first-order chi connectivity index (χ1) is 9.16. The van der Waals surface area contributed by atoms with Crippen molar-refractivity contribution in [2.75, 3.05) is 0 Å². The third kappa shape index (κ3) is 1.32. The summed E-state index contributed by atoms with van der Waals surface area (Å²) in [5.74, 6) is 9.04. The van der Waals surface area contributed by atoms with E-state index in [4.69, 9.17) is 0 Å². The zero-order valence-electron chi connectivity index (χ0n) is 12.8. The summed E-state index contributed by atoms with van der Waals surface area (Å²) in [7, 11) is 0. The zero-order valence-corrected chi connectivity index (χ0v) is 12.8. The molecule has 106 valence electrons. The first kappa shape index (κ1) is 11.6. The highest BCUT2D eigenvalue weighted by atomic mass is 14.7. The van der Waals surface area contributed by atoms with Crippen LogP contribution in [0.4, 0.5) is 0 Å². The summed E-state index contributed by atoms with van der Waals surface area (Å²) in [4.78, 5) is 0. The van der Waals surface area contributed by atoms with Crippen molar-refractivity contribution in [3.63, 3.8) is 0 Å². The minimum absolute atomic E-state index is 0.672. The van der Waals surface area contributed by atoms with Crippen molar-refractivity contribution in [3.05, 3.63) is 0 Å². The highest BCUT2D eigenvalue weighted by Crippen LogP contribution is 2.69. The molecule has 5 saturated carbocycles. The normalized spacial score (nSPS) is 60.9. The van der Waals surface area contributed by atoms with Crippen LogP contribution in [0.5, 0.6) is 0 Å². The van der Waals surface area contributed by atoms with Crippen molar-refractivity contribution in [2.45, 2.75) is 65.2 Å². The SMILES string of the molecule is CC1(C)C2C3CCC(C3)C2CCC2C3CCC(C3)C21. The number of hydrogen-bond acceptors (Lipinski definition) is 0. The fraction of sp³-hybridized carbons (Fsp3) is 1.00. The Morgan fingerprint density at radius 1 is 0.579 bits per heavy atom. The van der Waals surface area contributed by atoms with Gasteiger partial charge in [0.25, 0.3) is 0 Å².